The second-order valence-corrected chi connectivity index (χ2v) is 8.87. The van der Waals surface area contributed by atoms with Crippen molar-refractivity contribution in [3.05, 3.63) is 72.3 Å². The number of carbonyl (C=O) groups is 1. The molecule has 0 atom stereocenters. The fourth-order valence-corrected chi connectivity index (χ4v) is 4.34. The lowest BCUT2D eigenvalue weighted by molar-refractivity contribution is 0.102. The number of methoxy groups -OCH3 is 2. The van der Waals surface area contributed by atoms with E-state index in [4.69, 9.17) is 9.47 Å². The van der Waals surface area contributed by atoms with Crippen LogP contribution < -0.4 is 24.4 Å². The van der Waals surface area contributed by atoms with Crippen LogP contribution in [-0.2, 0) is 10.0 Å². The zero-order valence-electron chi connectivity index (χ0n) is 19.0. The van der Waals surface area contributed by atoms with Gasteiger partial charge in [0.1, 0.15) is 16.4 Å². The van der Waals surface area contributed by atoms with Crippen LogP contribution in [0.4, 0.5) is 17.1 Å². The topological polar surface area (TPSA) is 97.0 Å². The second kappa shape index (κ2) is 10.3. The molecule has 0 saturated carbocycles. The van der Waals surface area contributed by atoms with Gasteiger partial charge in [-0.15, -0.1) is 0 Å². The van der Waals surface area contributed by atoms with Crippen molar-refractivity contribution >= 4 is 33.0 Å². The van der Waals surface area contributed by atoms with E-state index in [1.54, 1.807) is 42.5 Å². The van der Waals surface area contributed by atoms with Crippen molar-refractivity contribution in [1.82, 2.24) is 0 Å². The molecular formula is C24H27N3O5S. The minimum Gasteiger partial charge on any atom is -0.497 e. The lowest BCUT2D eigenvalue weighted by Crippen LogP contribution is -2.17. The Kier molecular flexibility index (Phi) is 7.44. The molecule has 0 aliphatic carbocycles. The Morgan fingerprint density at radius 2 is 1.55 bits per heavy atom. The van der Waals surface area contributed by atoms with Crippen molar-refractivity contribution in [3.63, 3.8) is 0 Å². The van der Waals surface area contributed by atoms with Gasteiger partial charge >= 0.3 is 0 Å². The Morgan fingerprint density at radius 3 is 2.12 bits per heavy atom. The minimum atomic E-state index is -3.99. The molecule has 3 aromatic rings. The van der Waals surface area contributed by atoms with Crippen molar-refractivity contribution in [1.29, 1.82) is 0 Å². The van der Waals surface area contributed by atoms with Gasteiger partial charge < -0.3 is 19.7 Å². The van der Waals surface area contributed by atoms with E-state index in [1.165, 1.54) is 26.4 Å². The van der Waals surface area contributed by atoms with Crippen molar-refractivity contribution < 1.29 is 22.7 Å². The molecule has 8 nitrogen and oxygen atoms in total. The number of benzene rings is 3. The van der Waals surface area contributed by atoms with E-state index < -0.39 is 10.0 Å². The predicted octanol–water partition coefficient (Wildman–Crippen LogP) is 4.21. The lowest BCUT2D eigenvalue weighted by Gasteiger charge is -2.17. The van der Waals surface area contributed by atoms with E-state index >= 15 is 0 Å². The van der Waals surface area contributed by atoms with Gasteiger partial charge in [0, 0.05) is 36.2 Å². The van der Waals surface area contributed by atoms with Gasteiger partial charge in [0.05, 0.1) is 14.2 Å². The summed E-state index contributed by atoms with van der Waals surface area (Å²) >= 11 is 0. The molecule has 3 aromatic carbocycles. The zero-order valence-corrected chi connectivity index (χ0v) is 19.8. The number of hydrogen-bond donors (Lipinski definition) is 2. The van der Waals surface area contributed by atoms with Crippen molar-refractivity contribution in [2.45, 2.75) is 11.8 Å². The summed E-state index contributed by atoms with van der Waals surface area (Å²) in [7, 11) is 0.891. The molecular weight excluding hydrogens is 442 g/mol. The standard InChI is InChI=1S/C24H27N3O5S/c1-5-27(2)20-11-6-17(7-12-20)24(28)25-19-10-15-22(32-4)23(16-19)33(29,30)26-18-8-13-21(31-3)14-9-18/h6-16,26H,5H2,1-4H3,(H,25,28). The van der Waals surface area contributed by atoms with Gasteiger partial charge in [-0.05, 0) is 73.7 Å². The highest BCUT2D eigenvalue weighted by Crippen LogP contribution is 2.29. The maximum atomic E-state index is 13.0. The quantitative estimate of drug-likeness (QED) is 0.487. The summed E-state index contributed by atoms with van der Waals surface area (Å²) in [5.41, 5.74) is 2.14. The molecule has 0 saturated heterocycles. The smallest absolute Gasteiger partial charge is 0.265 e. The second-order valence-electron chi connectivity index (χ2n) is 7.21. The summed E-state index contributed by atoms with van der Waals surface area (Å²) in [6.07, 6.45) is 0. The number of anilines is 3. The molecule has 33 heavy (non-hydrogen) atoms. The van der Waals surface area contributed by atoms with Crippen LogP contribution in [0.5, 0.6) is 11.5 Å². The average molecular weight is 470 g/mol. The predicted molar refractivity (Wildman–Crippen MR) is 130 cm³/mol. The molecule has 0 aliphatic heterocycles. The zero-order chi connectivity index (χ0) is 24.0. The number of amides is 1. The Hall–Kier alpha value is -3.72. The van der Waals surface area contributed by atoms with Crippen LogP contribution in [0.2, 0.25) is 0 Å². The summed E-state index contributed by atoms with van der Waals surface area (Å²) in [6, 6.07) is 18.1. The van der Waals surface area contributed by atoms with E-state index in [0.29, 0.717) is 22.7 Å². The monoisotopic (exact) mass is 469 g/mol. The molecule has 174 valence electrons. The molecule has 2 N–H and O–H groups in total. The van der Waals surface area contributed by atoms with Crippen LogP contribution >= 0.6 is 0 Å². The molecule has 0 fully saturated rings. The first kappa shape index (κ1) is 23.9. The molecule has 0 bridgehead atoms. The number of hydrogen-bond acceptors (Lipinski definition) is 6. The van der Waals surface area contributed by atoms with Gasteiger partial charge in [-0.3, -0.25) is 9.52 Å². The third-order valence-corrected chi connectivity index (χ3v) is 6.50. The van der Waals surface area contributed by atoms with E-state index in [2.05, 4.69) is 14.9 Å². The minimum absolute atomic E-state index is 0.0986. The Labute approximate surface area is 194 Å². The van der Waals surface area contributed by atoms with Crippen molar-refractivity contribution in [2.24, 2.45) is 0 Å². The van der Waals surface area contributed by atoms with Crippen LogP contribution in [0.15, 0.2) is 71.6 Å². The molecule has 3 rings (SSSR count). The third-order valence-electron chi connectivity index (χ3n) is 5.10. The summed E-state index contributed by atoms with van der Waals surface area (Å²) in [5.74, 6) is 0.410. The largest absolute Gasteiger partial charge is 0.497 e. The fraction of sp³-hybridized carbons (Fsp3) is 0.208. The molecule has 0 aromatic heterocycles. The van der Waals surface area contributed by atoms with Gasteiger partial charge in [-0.1, -0.05) is 0 Å². The number of nitrogens with one attached hydrogen (secondary N) is 2. The van der Waals surface area contributed by atoms with Gasteiger partial charge in [0.25, 0.3) is 15.9 Å². The summed E-state index contributed by atoms with van der Waals surface area (Å²) in [4.78, 5) is 14.7. The SMILES string of the molecule is CCN(C)c1ccc(C(=O)Nc2ccc(OC)c(S(=O)(=O)Nc3ccc(OC)cc3)c2)cc1. The van der Waals surface area contributed by atoms with Crippen molar-refractivity contribution in [3.8, 4) is 11.5 Å². The van der Waals surface area contributed by atoms with Crippen LogP contribution in [0.25, 0.3) is 0 Å². The number of carbonyl (C=O) groups excluding carboxylic acids is 1. The molecule has 9 heteroatoms. The van der Waals surface area contributed by atoms with Gasteiger partial charge in [0.2, 0.25) is 0 Å². The van der Waals surface area contributed by atoms with E-state index in [1.807, 2.05) is 26.1 Å². The first-order valence-electron chi connectivity index (χ1n) is 10.2. The number of nitrogens with zero attached hydrogens (tertiary/aromatic N) is 1. The first-order chi connectivity index (χ1) is 15.8. The molecule has 0 heterocycles. The molecule has 1 amide bonds. The third kappa shape index (κ3) is 5.75. The molecule has 0 aliphatic rings. The number of sulfonamides is 1. The summed E-state index contributed by atoms with van der Waals surface area (Å²) < 4.78 is 38.9. The van der Waals surface area contributed by atoms with Crippen LogP contribution in [0, 0.1) is 0 Å². The molecule has 0 radical (unpaired) electrons. The average Bonchev–Trinajstić information content (AvgIpc) is 2.83. The van der Waals surface area contributed by atoms with Crippen molar-refractivity contribution in [2.75, 3.05) is 42.8 Å². The highest BCUT2D eigenvalue weighted by Gasteiger charge is 2.21. The fourth-order valence-electron chi connectivity index (χ4n) is 3.09. The van der Waals surface area contributed by atoms with Crippen LogP contribution in [-0.4, -0.2) is 42.1 Å². The van der Waals surface area contributed by atoms with E-state index in [9.17, 15) is 13.2 Å². The number of rotatable bonds is 9. The maximum Gasteiger partial charge on any atom is 0.265 e. The maximum absolute atomic E-state index is 13.0. The highest BCUT2D eigenvalue weighted by atomic mass is 32.2. The normalized spacial score (nSPS) is 10.9. The first-order valence-corrected chi connectivity index (χ1v) is 11.7. The van der Waals surface area contributed by atoms with Gasteiger partial charge in [-0.25, -0.2) is 8.42 Å². The molecule has 0 unspecified atom stereocenters. The summed E-state index contributed by atoms with van der Waals surface area (Å²) in [5, 5.41) is 2.75. The lowest BCUT2D eigenvalue weighted by atomic mass is 10.1. The van der Waals surface area contributed by atoms with Gasteiger partial charge in [0.15, 0.2) is 0 Å². The summed E-state index contributed by atoms with van der Waals surface area (Å²) in [6.45, 7) is 2.89. The Balaban J connectivity index is 1.83. The van der Waals surface area contributed by atoms with Crippen LogP contribution in [0.1, 0.15) is 17.3 Å². The van der Waals surface area contributed by atoms with E-state index in [-0.39, 0.29) is 16.6 Å². The molecule has 0 spiro atoms. The van der Waals surface area contributed by atoms with Gasteiger partial charge in [-0.2, -0.15) is 0 Å². The Bertz CT molecular complexity index is 1210. The highest BCUT2D eigenvalue weighted by molar-refractivity contribution is 7.92. The number of ether oxygens (including phenoxy) is 2. The Morgan fingerprint density at radius 1 is 0.909 bits per heavy atom. The van der Waals surface area contributed by atoms with E-state index in [0.717, 1.165) is 12.2 Å². The van der Waals surface area contributed by atoms with Crippen LogP contribution in [0.3, 0.4) is 0 Å².